The van der Waals surface area contributed by atoms with Crippen molar-refractivity contribution in [2.24, 2.45) is 5.92 Å². The first-order valence-electron chi connectivity index (χ1n) is 8.12. The van der Waals surface area contributed by atoms with Crippen LogP contribution >= 0.6 is 0 Å². The van der Waals surface area contributed by atoms with Gasteiger partial charge in [-0.05, 0) is 50.2 Å². The number of nitrogens with one attached hydrogen (secondary N) is 1. The highest BCUT2D eigenvalue weighted by atomic mass is 16.5. The van der Waals surface area contributed by atoms with Crippen molar-refractivity contribution < 1.29 is 4.74 Å². The lowest BCUT2D eigenvalue weighted by molar-refractivity contribution is 0.122. The van der Waals surface area contributed by atoms with Gasteiger partial charge in [0.2, 0.25) is 0 Å². The van der Waals surface area contributed by atoms with Crippen LogP contribution in [0.2, 0.25) is 0 Å². The predicted octanol–water partition coefficient (Wildman–Crippen LogP) is 1.56. The molecule has 0 bridgehead atoms. The molecule has 0 aromatic heterocycles. The van der Waals surface area contributed by atoms with E-state index in [0.29, 0.717) is 0 Å². The fraction of sp³-hybridized carbons (Fsp3) is 0.647. The standard InChI is InChI=1S/C17H27N3O/c1-19-7-6-16(14-19)13-18-12-15-2-4-17(5-3-15)20-8-10-21-11-9-20/h2-5,16,18H,6-14H2,1H3. The summed E-state index contributed by atoms with van der Waals surface area (Å²) in [4.78, 5) is 4.82. The van der Waals surface area contributed by atoms with E-state index >= 15 is 0 Å². The maximum atomic E-state index is 5.40. The molecule has 0 saturated carbocycles. The van der Waals surface area contributed by atoms with Crippen LogP contribution in [-0.2, 0) is 11.3 Å². The maximum Gasteiger partial charge on any atom is 0.0642 e. The summed E-state index contributed by atoms with van der Waals surface area (Å²) >= 11 is 0. The summed E-state index contributed by atoms with van der Waals surface area (Å²) in [5, 5.41) is 3.60. The first-order valence-corrected chi connectivity index (χ1v) is 8.12. The van der Waals surface area contributed by atoms with E-state index in [1.54, 1.807) is 0 Å². The first-order chi connectivity index (χ1) is 10.3. The highest BCUT2D eigenvalue weighted by Crippen LogP contribution is 2.17. The Morgan fingerprint density at radius 1 is 1.14 bits per heavy atom. The minimum atomic E-state index is 0.822. The zero-order valence-corrected chi connectivity index (χ0v) is 13.1. The van der Waals surface area contributed by atoms with Gasteiger partial charge in [-0.1, -0.05) is 12.1 Å². The summed E-state index contributed by atoms with van der Waals surface area (Å²) in [6, 6.07) is 8.98. The molecule has 1 aromatic rings. The molecule has 2 aliphatic heterocycles. The normalized spacial score (nSPS) is 23.7. The predicted molar refractivity (Wildman–Crippen MR) is 86.8 cm³/mol. The van der Waals surface area contributed by atoms with Crippen molar-refractivity contribution in [2.45, 2.75) is 13.0 Å². The van der Waals surface area contributed by atoms with Gasteiger partial charge in [0.15, 0.2) is 0 Å². The molecular weight excluding hydrogens is 262 g/mol. The minimum absolute atomic E-state index is 0.822. The maximum absolute atomic E-state index is 5.40. The summed E-state index contributed by atoms with van der Waals surface area (Å²) < 4.78 is 5.40. The molecule has 0 aliphatic carbocycles. The van der Waals surface area contributed by atoms with Gasteiger partial charge in [0.1, 0.15) is 0 Å². The monoisotopic (exact) mass is 289 g/mol. The Morgan fingerprint density at radius 2 is 1.90 bits per heavy atom. The lowest BCUT2D eigenvalue weighted by atomic mass is 10.1. The van der Waals surface area contributed by atoms with Crippen molar-refractivity contribution in [1.29, 1.82) is 0 Å². The van der Waals surface area contributed by atoms with Crippen molar-refractivity contribution in [3.05, 3.63) is 29.8 Å². The number of morpholine rings is 1. The van der Waals surface area contributed by atoms with Crippen LogP contribution in [0.25, 0.3) is 0 Å². The van der Waals surface area contributed by atoms with E-state index in [2.05, 4.69) is 46.4 Å². The number of benzene rings is 1. The summed E-state index contributed by atoms with van der Waals surface area (Å²) in [7, 11) is 2.21. The number of ether oxygens (including phenoxy) is 1. The van der Waals surface area contributed by atoms with E-state index in [1.165, 1.54) is 30.8 Å². The Balaban J connectivity index is 1.43. The second kappa shape index (κ2) is 7.25. The highest BCUT2D eigenvalue weighted by molar-refractivity contribution is 5.47. The zero-order chi connectivity index (χ0) is 14.5. The molecule has 3 rings (SSSR count). The van der Waals surface area contributed by atoms with Crippen LogP contribution in [0.4, 0.5) is 5.69 Å². The molecule has 0 radical (unpaired) electrons. The average molecular weight is 289 g/mol. The van der Waals surface area contributed by atoms with Crippen molar-refractivity contribution >= 4 is 5.69 Å². The molecule has 0 spiro atoms. The highest BCUT2D eigenvalue weighted by Gasteiger charge is 2.18. The van der Waals surface area contributed by atoms with Crippen LogP contribution in [0.5, 0.6) is 0 Å². The third kappa shape index (κ3) is 4.19. The second-order valence-electron chi connectivity index (χ2n) is 6.31. The van der Waals surface area contributed by atoms with Crippen molar-refractivity contribution in [3.63, 3.8) is 0 Å². The van der Waals surface area contributed by atoms with E-state index in [0.717, 1.165) is 45.3 Å². The molecule has 2 fully saturated rings. The Kier molecular flexibility index (Phi) is 5.12. The minimum Gasteiger partial charge on any atom is -0.378 e. The molecule has 4 heteroatoms. The molecule has 2 heterocycles. The topological polar surface area (TPSA) is 27.7 Å². The van der Waals surface area contributed by atoms with E-state index in [-0.39, 0.29) is 0 Å². The molecule has 0 amide bonds. The van der Waals surface area contributed by atoms with E-state index in [4.69, 9.17) is 4.74 Å². The molecule has 4 nitrogen and oxygen atoms in total. The lowest BCUT2D eigenvalue weighted by Gasteiger charge is -2.28. The third-order valence-electron chi connectivity index (χ3n) is 4.56. The SMILES string of the molecule is CN1CCC(CNCc2ccc(N3CCOCC3)cc2)C1. The van der Waals surface area contributed by atoms with Gasteiger partial charge in [-0.15, -0.1) is 0 Å². The van der Waals surface area contributed by atoms with Crippen molar-refractivity contribution in [3.8, 4) is 0 Å². The fourth-order valence-corrected chi connectivity index (χ4v) is 3.26. The van der Waals surface area contributed by atoms with Crippen LogP contribution in [0.1, 0.15) is 12.0 Å². The van der Waals surface area contributed by atoms with Crippen LogP contribution < -0.4 is 10.2 Å². The largest absolute Gasteiger partial charge is 0.378 e. The van der Waals surface area contributed by atoms with Gasteiger partial charge in [-0.2, -0.15) is 0 Å². The van der Waals surface area contributed by atoms with Gasteiger partial charge in [0.25, 0.3) is 0 Å². The Bertz CT molecular complexity index is 428. The third-order valence-corrected chi connectivity index (χ3v) is 4.56. The average Bonchev–Trinajstić information content (AvgIpc) is 2.94. The summed E-state index contributed by atoms with van der Waals surface area (Å²) in [5.41, 5.74) is 2.69. The molecule has 1 aromatic carbocycles. The second-order valence-corrected chi connectivity index (χ2v) is 6.31. The zero-order valence-electron chi connectivity index (χ0n) is 13.1. The van der Waals surface area contributed by atoms with Crippen LogP contribution in [0.15, 0.2) is 24.3 Å². The molecule has 1 atom stereocenters. The number of nitrogens with zero attached hydrogens (tertiary/aromatic N) is 2. The molecule has 1 N–H and O–H groups in total. The molecular formula is C17H27N3O. The van der Waals surface area contributed by atoms with Gasteiger partial charge in [0, 0.05) is 31.9 Å². The number of anilines is 1. The van der Waals surface area contributed by atoms with Crippen LogP contribution in [-0.4, -0.2) is 57.9 Å². The van der Waals surface area contributed by atoms with E-state index < -0.39 is 0 Å². The van der Waals surface area contributed by atoms with Crippen molar-refractivity contribution in [1.82, 2.24) is 10.2 Å². The molecule has 1 unspecified atom stereocenters. The molecule has 2 saturated heterocycles. The quantitative estimate of drug-likeness (QED) is 0.890. The number of rotatable bonds is 5. The Morgan fingerprint density at radius 3 is 2.57 bits per heavy atom. The van der Waals surface area contributed by atoms with E-state index in [9.17, 15) is 0 Å². The Hall–Kier alpha value is -1.10. The van der Waals surface area contributed by atoms with Gasteiger partial charge in [0.05, 0.1) is 13.2 Å². The molecule has 116 valence electrons. The van der Waals surface area contributed by atoms with Crippen LogP contribution in [0, 0.1) is 5.92 Å². The molecule has 21 heavy (non-hydrogen) atoms. The van der Waals surface area contributed by atoms with Crippen LogP contribution in [0.3, 0.4) is 0 Å². The first kappa shape index (κ1) is 14.8. The van der Waals surface area contributed by atoms with Gasteiger partial charge < -0.3 is 19.9 Å². The molecule has 2 aliphatic rings. The summed E-state index contributed by atoms with van der Waals surface area (Å²) in [5.74, 6) is 0.822. The smallest absolute Gasteiger partial charge is 0.0642 e. The van der Waals surface area contributed by atoms with Gasteiger partial charge in [-0.25, -0.2) is 0 Å². The van der Waals surface area contributed by atoms with Crippen molar-refractivity contribution in [2.75, 3.05) is 57.9 Å². The lowest BCUT2D eigenvalue weighted by Crippen LogP contribution is -2.36. The fourth-order valence-electron chi connectivity index (χ4n) is 3.26. The van der Waals surface area contributed by atoms with E-state index in [1.807, 2.05) is 0 Å². The number of likely N-dealkylation sites (tertiary alicyclic amines) is 1. The van der Waals surface area contributed by atoms with Gasteiger partial charge >= 0.3 is 0 Å². The van der Waals surface area contributed by atoms with Gasteiger partial charge in [-0.3, -0.25) is 0 Å². The summed E-state index contributed by atoms with van der Waals surface area (Å²) in [6.07, 6.45) is 1.33. The Labute approximate surface area is 128 Å². The summed E-state index contributed by atoms with van der Waals surface area (Å²) in [6.45, 7) is 8.31. The number of hydrogen-bond donors (Lipinski definition) is 1. The number of hydrogen-bond acceptors (Lipinski definition) is 4.